The first-order valence-electron chi connectivity index (χ1n) is 6.61. The summed E-state index contributed by atoms with van der Waals surface area (Å²) in [4.78, 5) is 10.5. The molecular weight excluding hydrogens is 268 g/mol. The van der Waals surface area contributed by atoms with Crippen molar-refractivity contribution in [2.45, 2.75) is 12.5 Å². The number of aliphatic carboxylic acids is 1. The molecular formula is C17H14O4. The van der Waals surface area contributed by atoms with Crippen LogP contribution in [0, 0.1) is 0 Å². The van der Waals surface area contributed by atoms with E-state index in [1.807, 2.05) is 30.3 Å². The molecule has 1 atom stereocenters. The minimum Gasteiger partial charge on any atom is -0.508 e. The first-order chi connectivity index (χ1) is 10.1. The van der Waals surface area contributed by atoms with Gasteiger partial charge >= 0.3 is 5.97 Å². The van der Waals surface area contributed by atoms with Gasteiger partial charge in [0.2, 0.25) is 0 Å². The molecule has 0 radical (unpaired) electrons. The van der Waals surface area contributed by atoms with E-state index in [0.29, 0.717) is 0 Å². The number of ether oxygens (including phenoxy) is 1. The van der Waals surface area contributed by atoms with Gasteiger partial charge in [0, 0.05) is 12.5 Å². The van der Waals surface area contributed by atoms with Gasteiger partial charge in [-0.25, -0.2) is 4.79 Å². The molecule has 2 N–H and O–H groups in total. The summed E-state index contributed by atoms with van der Waals surface area (Å²) in [6.07, 6.45) is 3.35. The molecule has 0 unspecified atom stereocenters. The first kappa shape index (κ1) is 13.2. The molecule has 0 spiro atoms. The lowest BCUT2D eigenvalue weighted by molar-refractivity contribution is -0.131. The van der Waals surface area contributed by atoms with Crippen LogP contribution in [0.4, 0.5) is 0 Å². The van der Waals surface area contributed by atoms with Crippen molar-refractivity contribution in [3.63, 3.8) is 0 Å². The van der Waals surface area contributed by atoms with Crippen molar-refractivity contribution >= 4 is 12.0 Å². The highest BCUT2D eigenvalue weighted by Crippen LogP contribution is 2.37. The van der Waals surface area contributed by atoms with Gasteiger partial charge in [0.1, 0.15) is 17.6 Å². The molecule has 21 heavy (non-hydrogen) atoms. The molecule has 0 fully saturated rings. The Morgan fingerprint density at radius 3 is 2.67 bits per heavy atom. The minimum absolute atomic E-state index is 0.0701. The van der Waals surface area contributed by atoms with Gasteiger partial charge in [-0.15, -0.1) is 0 Å². The van der Waals surface area contributed by atoms with Crippen LogP contribution in [0.15, 0.2) is 48.5 Å². The van der Waals surface area contributed by atoms with E-state index in [-0.39, 0.29) is 11.9 Å². The van der Waals surface area contributed by atoms with Crippen LogP contribution in [-0.2, 0) is 11.2 Å². The largest absolute Gasteiger partial charge is 0.508 e. The van der Waals surface area contributed by atoms with E-state index < -0.39 is 5.97 Å². The van der Waals surface area contributed by atoms with E-state index in [0.717, 1.165) is 34.9 Å². The van der Waals surface area contributed by atoms with Gasteiger partial charge in [-0.05, 0) is 47.0 Å². The normalized spacial score (nSPS) is 16.7. The Morgan fingerprint density at radius 1 is 1.19 bits per heavy atom. The van der Waals surface area contributed by atoms with Crippen molar-refractivity contribution in [3.05, 3.63) is 65.2 Å². The van der Waals surface area contributed by atoms with Crippen molar-refractivity contribution in [1.82, 2.24) is 0 Å². The highest BCUT2D eigenvalue weighted by Gasteiger charge is 2.24. The summed E-state index contributed by atoms with van der Waals surface area (Å²) in [7, 11) is 0. The van der Waals surface area contributed by atoms with Crippen LogP contribution in [0.2, 0.25) is 0 Å². The molecule has 3 rings (SSSR count). The molecule has 1 aliphatic heterocycles. The lowest BCUT2D eigenvalue weighted by atomic mass is 10.0. The van der Waals surface area contributed by atoms with Gasteiger partial charge in [-0.2, -0.15) is 0 Å². The zero-order valence-corrected chi connectivity index (χ0v) is 11.2. The van der Waals surface area contributed by atoms with E-state index in [1.54, 1.807) is 18.2 Å². The zero-order chi connectivity index (χ0) is 14.8. The second kappa shape index (κ2) is 5.32. The second-order valence-corrected chi connectivity index (χ2v) is 4.94. The summed E-state index contributed by atoms with van der Waals surface area (Å²) in [6.45, 7) is 0. The monoisotopic (exact) mass is 282 g/mol. The highest BCUT2D eigenvalue weighted by molar-refractivity contribution is 5.85. The molecule has 0 saturated heterocycles. The maximum absolute atomic E-state index is 10.5. The number of carbonyl (C=O) groups is 1. The quantitative estimate of drug-likeness (QED) is 0.849. The fraction of sp³-hybridized carbons (Fsp3) is 0.118. The third-order valence-corrected chi connectivity index (χ3v) is 3.44. The molecule has 0 bridgehead atoms. The van der Waals surface area contributed by atoms with Gasteiger partial charge in [-0.3, -0.25) is 0 Å². The lowest BCUT2D eigenvalue weighted by Gasteiger charge is -2.10. The lowest BCUT2D eigenvalue weighted by Crippen LogP contribution is -2.02. The van der Waals surface area contributed by atoms with Crippen LogP contribution >= 0.6 is 0 Å². The third-order valence-electron chi connectivity index (χ3n) is 3.44. The Hall–Kier alpha value is -2.75. The SMILES string of the molecule is O=C(O)/C=C/c1ccc2c(c1)C[C@H](c1ccc(O)cc1)O2. The molecule has 4 nitrogen and oxygen atoms in total. The summed E-state index contributed by atoms with van der Waals surface area (Å²) >= 11 is 0. The average Bonchev–Trinajstić information content (AvgIpc) is 2.88. The molecule has 2 aromatic rings. The maximum atomic E-state index is 10.5. The topological polar surface area (TPSA) is 66.8 Å². The number of aromatic hydroxyl groups is 1. The number of hydrogen-bond acceptors (Lipinski definition) is 3. The number of phenolic OH excluding ortho intramolecular Hbond substituents is 1. The molecule has 0 aliphatic carbocycles. The number of carboxylic acid groups (broad SMARTS) is 1. The van der Waals surface area contributed by atoms with Crippen LogP contribution in [0.25, 0.3) is 6.08 Å². The fourth-order valence-corrected chi connectivity index (χ4v) is 2.41. The fourth-order valence-electron chi connectivity index (χ4n) is 2.41. The number of phenols is 1. The molecule has 1 heterocycles. The van der Waals surface area contributed by atoms with Crippen molar-refractivity contribution < 1.29 is 19.7 Å². The highest BCUT2D eigenvalue weighted by atomic mass is 16.5. The summed E-state index contributed by atoms with van der Waals surface area (Å²) in [5.74, 6) is 0.0876. The Labute approximate surface area is 121 Å². The smallest absolute Gasteiger partial charge is 0.328 e. The van der Waals surface area contributed by atoms with Crippen LogP contribution < -0.4 is 4.74 Å². The summed E-state index contributed by atoms with van der Waals surface area (Å²) in [5, 5.41) is 18.0. The predicted molar refractivity (Wildman–Crippen MR) is 78.3 cm³/mol. The van der Waals surface area contributed by atoms with Crippen LogP contribution in [0.5, 0.6) is 11.5 Å². The summed E-state index contributed by atoms with van der Waals surface area (Å²) in [6, 6.07) is 12.6. The molecule has 4 heteroatoms. The maximum Gasteiger partial charge on any atom is 0.328 e. The Kier molecular flexibility index (Phi) is 3.36. The number of fused-ring (bicyclic) bond motifs is 1. The Balaban J connectivity index is 1.81. The molecule has 0 saturated carbocycles. The van der Waals surface area contributed by atoms with E-state index in [4.69, 9.17) is 9.84 Å². The molecule has 106 valence electrons. The van der Waals surface area contributed by atoms with Crippen molar-refractivity contribution in [2.24, 2.45) is 0 Å². The second-order valence-electron chi connectivity index (χ2n) is 4.94. The van der Waals surface area contributed by atoms with Crippen molar-refractivity contribution in [3.8, 4) is 11.5 Å². The van der Waals surface area contributed by atoms with Crippen LogP contribution in [0.1, 0.15) is 22.8 Å². The average molecular weight is 282 g/mol. The summed E-state index contributed by atoms with van der Waals surface area (Å²) < 4.78 is 5.89. The molecule has 1 aliphatic rings. The standard InChI is InChI=1S/C17H14O4/c18-14-5-3-12(4-6-14)16-10-13-9-11(2-8-17(19)20)1-7-15(13)21-16/h1-9,16,18H,10H2,(H,19,20)/b8-2+/t16-/m1/s1. The van der Waals surface area contributed by atoms with Crippen LogP contribution in [-0.4, -0.2) is 16.2 Å². The number of carboxylic acids is 1. The Bertz CT molecular complexity index is 701. The third kappa shape index (κ3) is 2.89. The number of hydrogen-bond donors (Lipinski definition) is 2. The van der Waals surface area contributed by atoms with Gasteiger partial charge in [0.25, 0.3) is 0 Å². The first-order valence-corrected chi connectivity index (χ1v) is 6.61. The van der Waals surface area contributed by atoms with E-state index in [9.17, 15) is 9.90 Å². The van der Waals surface area contributed by atoms with Gasteiger partial charge < -0.3 is 14.9 Å². The Morgan fingerprint density at radius 2 is 1.95 bits per heavy atom. The van der Waals surface area contributed by atoms with Crippen LogP contribution in [0.3, 0.4) is 0 Å². The minimum atomic E-state index is -0.964. The van der Waals surface area contributed by atoms with Crippen molar-refractivity contribution in [1.29, 1.82) is 0 Å². The van der Waals surface area contributed by atoms with Gasteiger partial charge in [0.15, 0.2) is 0 Å². The number of rotatable bonds is 3. The van der Waals surface area contributed by atoms with E-state index >= 15 is 0 Å². The zero-order valence-electron chi connectivity index (χ0n) is 11.2. The number of benzene rings is 2. The van der Waals surface area contributed by atoms with Gasteiger partial charge in [0.05, 0.1) is 0 Å². The molecule has 2 aromatic carbocycles. The van der Waals surface area contributed by atoms with E-state index in [1.165, 1.54) is 0 Å². The van der Waals surface area contributed by atoms with E-state index in [2.05, 4.69) is 0 Å². The molecule has 0 amide bonds. The van der Waals surface area contributed by atoms with Crippen molar-refractivity contribution in [2.75, 3.05) is 0 Å². The molecule has 0 aromatic heterocycles. The summed E-state index contributed by atoms with van der Waals surface area (Å²) in [5.41, 5.74) is 2.90. The predicted octanol–water partition coefficient (Wildman–Crippen LogP) is 3.17. The van der Waals surface area contributed by atoms with Gasteiger partial charge in [-0.1, -0.05) is 18.2 Å².